The van der Waals surface area contributed by atoms with Gasteiger partial charge in [0.15, 0.2) is 0 Å². The minimum absolute atomic E-state index is 0.0548. The molecule has 0 aromatic rings. The first-order valence-electron chi connectivity index (χ1n) is 5.40. The summed E-state index contributed by atoms with van der Waals surface area (Å²) in [5.74, 6) is -0.883. The zero-order valence-corrected chi connectivity index (χ0v) is 11.6. The van der Waals surface area contributed by atoms with Crippen LogP contribution < -0.4 is 5.32 Å². The van der Waals surface area contributed by atoms with Crippen molar-refractivity contribution >= 4 is 19.7 Å². The Morgan fingerprint density at radius 2 is 1.89 bits per heavy atom. The number of carbonyl (C=O) groups is 2. The van der Waals surface area contributed by atoms with Gasteiger partial charge < -0.3 is 20.1 Å². The SMILES string of the molecule is CC(=O)NCCOP(=O)(O)OCC(O)COC(C)=O. The highest BCUT2D eigenvalue weighted by Gasteiger charge is 2.22. The summed E-state index contributed by atoms with van der Waals surface area (Å²) in [7, 11) is -4.31. The van der Waals surface area contributed by atoms with E-state index in [0.717, 1.165) is 6.92 Å². The highest BCUT2D eigenvalue weighted by atomic mass is 31.2. The van der Waals surface area contributed by atoms with Gasteiger partial charge in [-0.05, 0) is 0 Å². The van der Waals surface area contributed by atoms with Crippen LogP contribution in [0.5, 0.6) is 0 Å². The van der Waals surface area contributed by atoms with Crippen molar-refractivity contribution in [2.24, 2.45) is 0 Å². The number of amides is 1. The van der Waals surface area contributed by atoms with Gasteiger partial charge in [-0.1, -0.05) is 0 Å². The van der Waals surface area contributed by atoms with Crippen molar-refractivity contribution in [2.45, 2.75) is 20.0 Å². The third-order valence-corrected chi connectivity index (χ3v) is 2.62. The van der Waals surface area contributed by atoms with Crippen LogP contribution in [0, 0.1) is 0 Å². The van der Waals surface area contributed by atoms with Crippen LogP contribution in [0.2, 0.25) is 0 Å². The second-order valence-corrected chi connectivity index (χ2v) is 4.99. The Labute approximate surface area is 110 Å². The van der Waals surface area contributed by atoms with E-state index in [2.05, 4.69) is 19.1 Å². The van der Waals surface area contributed by atoms with Gasteiger partial charge in [-0.25, -0.2) is 4.57 Å². The molecule has 0 saturated heterocycles. The van der Waals surface area contributed by atoms with Crippen molar-refractivity contribution in [3.8, 4) is 0 Å². The number of nitrogens with one attached hydrogen (secondary N) is 1. The summed E-state index contributed by atoms with van der Waals surface area (Å²) in [6, 6.07) is 0. The smallest absolute Gasteiger partial charge is 0.463 e. The molecule has 0 aliphatic rings. The minimum Gasteiger partial charge on any atom is -0.463 e. The summed E-state index contributed by atoms with van der Waals surface area (Å²) in [6.07, 6.45) is -1.23. The fraction of sp³-hybridized carbons (Fsp3) is 0.778. The predicted octanol–water partition coefficient (Wildman–Crippen LogP) is -0.820. The molecule has 19 heavy (non-hydrogen) atoms. The summed E-state index contributed by atoms with van der Waals surface area (Å²) >= 11 is 0. The molecule has 0 bridgehead atoms. The van der Waals surface area contributed by atoms with Gasteiger partial charge in [0.1, 0.15) is 12.7 Å². The van der Waals surface area contributed by atoms with Crippen LogP contribution >= 0.6 is 7.82 Å². The zero-order chi connectivity index (χ0) is 14.9. The summed E-state index contributed by atoms with van der Waals surface area (Å²) in [6.45, 7) is 1.42. The second kappa shape index (κ2) is 9.00. The van der Waals surface area contributed by atoms with Crippen molar-refractivity contribution in [3.63, 3.8) is 0 Å². The highest BCUT2D eigenvalue weighted by Crippen LogP contribution is 2.42. The maximum absolute atomic E-state index is 11.3. The van der Waals surface area contributed by atoms with Crippen LogP contribution in [0.4, 0.5) is 0 Å². The van der Waals surface area contributed by atoms with Gasteiger partial charge in [0.25, 0.3) is 0 Å². The average Bonchev–Trinajstić information content (AvgIpc) is 2.29. The van der Waals surface area contributed by atoms with Gasteiger partial charge in [0.2, 0.25) is 5.91 Å². The van der Waals surface area contributed by atoms with Crippen LogP contribution in [0.3, 0.4) is 0 Å². The molecule has 3 N–H and O–H groups in total. The molecule has 0 aliphatic carbocycles. The number of aliphatic hydroxyl groups is 1. The first-order valence-corrected chi connectivity index (χ1v) is 6.90. The number of hydrogen-bond acceptors (Lipinski definition) is 7. The van der Waals surface area contributed by atoms with E-state index in [0.29, 0.717) is 0 Å². The number of ether oxygens (including phenoxy) is 1. The highest BCUT2D eigenvalue weighted by molar-refractivity contribution is 7.47. The van der Waals surface area contributed by atoms with Gasteiger partial charge in [-0.3, -0.25) is 18.6 Å². The molecular formula is C9H18NO8P. The third-order valence-electron chi connectivity index (χ3n) is 1.64. The lowest BCUT2D eigenvalue weighted by Crippen LogP contribution is -2.25. The normalized spacial score (nSPS) is 15.4. The van der Waals surface area contributed by atoms with Crippen LogP contribution in [-0.4, -0.2) is 54.3 Å². The van der Waals surface area contributed by atoms with Crippen LogP contribution in [0.25, 0.3) is 0 Å². The monoisotopic (exact) mass is 299 g/mol. The molecule has 0 aliphatic heterocycles. The Morgan fingerprint density at radius 1 is 1.26 bits per heavy atom. The number of aliphatic hydroxyl groups excluding tert-OH is 1. The average molecular weight is 299 g/mol. The fourth-order valence-electron chi connectivity index (χ4n) is 0.867. The van der Waals surface area contributed by atoms with Crippen molar-refractivity contribution in [2.75, 3.05) is 26.4 Å². The Hall–Kier alpha value is -0.990. The van der Waals surface area contributed by atoms with E-state index in [4.69, 9.17) is 0 Å². The van der Waals surface area contributed by atoms with Crippen molar-refractivity contribution in [1.29, 1.82) is 0 Å². The number of hydrogen-bond donors (Lipinski definition) is 3. The van der Waals surface area contributed by atoms with Crippen LogP contribution in [0.15, 0.2) is 0 Å². The molecule has 0 spiro atoms. The van der Waals surface area contributed by atoms with Gasteiger partial charge in [-0.2, -0.15) is 0 Å². The quantitative estimate of drug-likeness (QED) is 0.286. The Balaban J connectivity index is 3.79. The lowest BCUT2D eigenvalue weighted by molar-refractivity contribution is -0.144. The predicted molar refractivity (Wildman–Crippen MR) is 63.1 cm³/mol. The molecular weight excluding hydrogens is 281 g/mol. The van der Waals surface area contributed by atoms with Gasteiger partial charge in [0.05, 0.1) is 13.2 Å². The minimum atomic E-state index is -4.31. The largest absolute Gasteiger partial charge is 0.472 e. The number of phosphoric ester groups is 1. The van der Waals surface area contributed by atoms with Crippen LogP contribution in [-0.2, 0) is 27.9 Å². The van der Waals surface area contributed by atoms with Crippen LogP contribution in [0.1, 0.15) is 13.8 Å². The van der Waals surface area contributed by atoms with Crippen molar-refractivity contribution in [1.82, 2.24) is 5.32 Å². The lowest BCUT2D eigenvalue weighted by atomic mass is 10.4. The van der Waals surface area contributed by atoms with E-state index in [1.807, 2.05) is 0 Å². The molecule has 9 nitrogen and oxygen atoms in total. The molecule has 2 unspecified atom stereocenters. The van der Waals surface area contributed by atoms with Gasteiger partial charge in [0, 0.05) is 20.4 Å². The molecule has 0 aromatic carbocycles. The first kappa shape index (κ1) is 18.0. The van der Waals surface area contributed by atoms with E-state index in [9.17, 15) is 24.2 Å². The summed E-state index contributed by atoms with van der Waals surface area (Å²) in [5, 5.41) is 11.6. The number of esters is 1. The van der Waals surface area contributed by atoms with Crippen molar-refractivity contribution < 1.29 is 37.9 Å². The van der Waals surface area contributed by atoms with E-state index in [-0.39, 0.29) is 25.7 Å². The standard InChI is InChI=1S/C9H18NO8P/c1-7(11)10-3-4-17-19(14,15)18-6-9(13)5-16-8(2)12/h9,13H,3-6H2,1-2H3,(H,10,11)(H,14,15). The topological polar surface area (TPSA) is 131 Å². The molecule has 0 radical (unpaired) electrons. The van der Waals surface area contributed by atoms with E-state index >= 15 is 0 Å². The summed E-state index contributed by atoms with van der Waals surface area (Å²) < 4.78 is 24.7. The third kappa shape index (κ3) is 11.8. The summed E-state index contributed by atoms with van der Waals surface area (Å²) in [5.41, 5.74) is 0. The molecule has 0 heterocycles. The van der Waals surface area contributed by atoms with E-state index in [1.165, 1.54) is 6.92 Å². The molecule has 0 rings (SSSR count). The molecule has 2 atom stereocenters. The molecule has 10 heteroatoms. The lowest BCUT2D eigenvalue weighted by Gasteiger charge is -2.15. The molecule has 0 fully saturated rings. The number of carbonyl (C=O) groups excluding carboxylic acids is 2. The Kier molecular flexibility index (Phi) is 8.53. The van der Waals surface area contributed by atoms with Crippen molar-refractivity contribution in [3.05, 3.63) is 0 Å². The molecule has 112 valence electrons. The Morgan fingerprint density at radius 3 is 2.42 bits per heavy atom. The number of rotatable bonds is 9. The molecule has 0 saturated carbocycles. The number of phosphoric acid groups is 1. The molecule has 0 aromatic heterocycles. The zero-order valence-electron chi connectivity index (χ0n) is 10.7. The van der Waals surface area contributed by atoms with E-state index < -0.39 is 26.5 Å². The maximum Gasteiger partial charge on any atom is 0.472 e. The second-order valence-electron chi connectivity index (χ2n) is 3.54. The Bertz CT molecular complexity index is 347. The summed E-state index contributed by atoms with van der Waals surface area (Å²) in [4.78, 5) is 30.1. The van der Waals surface area contributed by atoms with Gasteiger partial charge >= 0.3 is 13.8 Å². The van der Waals surface area contributed by atoms with Gasteiger partial charge in [-0.15, -0.1) is 0 Å². The molecule has 1 amide bonds. The maximum atomic E-state index is 11.3. The van der Waals surface area contributed by atoms with E-state index in [1.54, 1.807) is 0 Å². The fourth-order valence-corrected chi connectivity index (χ4v) is 1.62. The first-order chi connectivity index (χ1) is 8.73.